The zero-order valence-corrected chi connectivity index (χ0v) is 41.3. The summed E-state index contributed by atoms with van der Waals surface area (Å²) in [7, 11) is 1.67. The number of nitrogens with two attached hydrogens (primary N) is 2. The Morgan fingerprint density at radius 2 is 1.22 bits per heavy atom. The molecule has 0 aromatic heterocycles. The molecule has 3 aliphatic rings. The van der Waals surface area contributed by atoms with Gasteiger partial charge in [-0.3, -0.25) is 67.8 Å². The number of benzene rings is 1. The second-order valence-electron chi connectivity index (χ2n) is 18.4. The van der Waals surface area contributed by atoms with Crippen LogP contribution in [0.5, 0.6) is 0 Å². The van der Waals surface area contributed by atoms with Crippen LogP contribution in [0.2, 0.25) is 0 Å². The summed E-state index contributed by atoms with van der Waals surface area (Å²) in [5.41, 5.74) is 12.4. The number of carboxylic acids is 2. The normalized spacial score (nSPS) is 19.9. The molecule has 0 bridgehead atoms. The molecule has 3 unspecified atom stereocenters. The summed E-state index contributed by atoms with van der Waals surface area (Å²) in [6, 6.07) is 5.46. The summed E-state index contributed by atoms with van der Waals surface area (Å²) in [5, 5.41) is 56.5. The molecule has 6 amide bonds. The Balaban J connectivity index is 1.31. The maximum Gasteiger partial charge on any atom is 0.475 e. The van der Waals surface area contributed by atoms with Gasteiger partial charge in [0.15, 0.2) is 5.96 Å². The quantitative estimate of drug-likeness (QED) is 0.0223. The van der Waals surface area contributed by atoms with Crippen LogP contribution in [0.4, 0.5) is 0 Å². The number of guanidine groups is 1. The number of amides is 6. The lowest BCUT2D eigenvalue weighted by Gasteiger charge is -2.36. The molecule has 72 heavy (non-hydrogen) atoms. The molecule has 12 N–H and O–H groups in total. The molecule has 28 heteroatoms. The number of carbonyl (C=O) groups excluding carboxylic acids is 6. The molecule has 400 valence electrons. The highest BCUT2D eigenvalue weighted by atomic mass is 16.4. The number of aliphatic hydroxyl groups excluding tert-OH is 1. The molecule has 0 saturated carbocycles. The number of aliphatic hydroxyl groups is 1. The number of aliphatic carboxylic acids is 2. The third kappa shape index (κ3) is 20.6. The van der Waals surface area contributed by atoms with Crippen molar-refractivity contribution in [3.05, 3.63) is 35.4 Å². The maximum absolute atomic E-state index is 14.1. The van der Waals surface area contributed by atoms with Crippen molar-refractivity contribution in [3.63, 3.8) is 0 Å². The molecule has 3 heterocycles. The van der Waals surface area contributed by atoms with Crippen molar-refractivity contribution in [1.82, 2.24) is 55.1 Å². The van der Waals surface area contributed by atoms with E-state index in [9.17, 15) is 63.7 Å². The van der Waals surface area contributed by atoms with Crippen LogP contribution in [0.15, 0.2) is 29.3 Å². The summed E-state index contributed by atoms with van der Waals surface area (Å²) in [6.07, 6.45) is -0.231. The first-order valence-electron chi connectivity index (χ1n) is 24.0. The summed E-state index contributed by atoms with van der Waals surface area (Å²) in [5.74, 6) is -5.47. The van der Waals surface area contributed by atoms with E-state index in [1.165, 1.54) is 0 Å². The highest BCUT2D eigenvalue weighted by Crippen LogP contribution is 2.19. The predicted molar refractivity (Wildman–Crippen MR) is 262 cm³/mol. The number of nitrogens with zero attached hydrogens (tertiary/aromatic N) is 9. The fourth-order valence-electron chi connectivity index (χ4n) is 8.50. The molecule has 1 aromatic carbocycles. The van der Waals surface area contributed by atoms with Crippen molar-refractivity contribution in [1.29, 1.82) is 0 Å². The summed E-state index contributed by atoms with van der Waals surface area (Å²) < 4.78 is 0. The number of β-amino-alcohol motifs (C(OH)–C–C–N with tert-alkyl or cyclic N) is 1. The Morgan fingerprint density at radius 1 is 0.722 bits per heavy atom. The van der Waals surface area contributed by atoms with Gasteiger partial charge in [0, 0.05) is 118 Å². The molecule has 0 radical (unpaired) electrons. The molecule has 3 saturated heterocycles. The highest BCUT2D eigenvalue weighted by Gasteiger charge is 2.41. The molecular formula is C44H73BN14O13. The first kappa shape index (κ1) is 58.6. The molecule has 3 fully saturated rings. The molecule has 0 spiro atoms. The zero-order valence-electron chi connectivity index (χ0n) is 41.3. The average molecular weight is 1020 g/mol. The second kappa shape index (κ2) is 29.5. The number of nitrogens with one attached hydrogen (secondary N) is 3. The van der Waals surface area contributed by atoms with E-state index >= 15 is 0 Å². The number of piperazine rings is 1. The average Bonchev–Trinajstić information content (AvgIpc) is 3.73. The Morgan fingerprint density at radius 3 is 1.72 bits per heavy atom. The fourth-order valence-corrected chi connectivity index (χ4v) is 8.50. The first-order valence-corrected chi connectivity index (χ1v) is 24.0. The van der Waals surface area contributed by atoms with Crippen LogP contribution in [0, 0.1) is 0 Å². The molecule has 4 rings (SSSR count). The number of rotatable bonds is 22. The van der Waals surface area contributed by atoms with Crippen molar-refractivity contribution in [3.8, 4) is 0 Å². The van der Waals surface area contributed by atoms with Gasteiger partial charge >= 0.3 is 19.1 Å². The predicted octanol–water partition coefficient (Wildman–Crippen LogP) is -6.83. The minimum absolute atomic E-state index is 0.0121. The Bertz CT molecular complexity index is 2000. The van der Waals surface area contributed by atoms with Crippen LogP contribution in [-0.2, 0) is 40.1 Å². The van der Waals surface area contributed by atoms with E-state index in [2.05, 4.69) is 20.9 Å². The van der Waals surface area contributed by atoms with Crippen LogP contribution in [0.1, 0.15) is 35.2 Å². The molecule has 1 aromatic rings. The van der Waals surface area contributed by atoms with Gasteiger partial charge in [-0.15, -0.1) is 0 Å². The van der Waals surface area contributed by atoms with Crippen molar-refractivity contribution < 1.29 is 63.7 Å². The number of carboxylic acid groups (broad SMARTS) is 2. The van der Waals surface area contributed by atoms with Gasteiger partial charge < -0.3 is 67.5 Å². The zero-order chi connectivity index (χ0) is 52.9. The van der Waals surface area contributed by atoms with Crippen molar-refractivity contribution in [2.45, 2.75) is 43.9 Å². The van der Waals surface area contributed by atoms with Crippen LogP contribution in [-0.4, -0.2) is 288 Å². The maximum atomic E-state index is 14.1. The van der Waals surface area contributed by atoms with Crippen LogP contribution in [0.25, 0.3) is 0 Å². The first-order chi connectivity index (χ1) is 34.2. The molecular weight excluding hydrogens is 943 g/mol. The van der Waals surface area contributed by atoms with E-state index in [4.69, 9.17) is 11.5 Å². The standard InChI is InChI=1S/C44H73BN14O13/c1-52(2)44(47)48-9-3-4-34(51-38(63)28-54-12-16-56(29-40(65)66)14-10-53(26-36(46)61)11-15-57(17-13-54)30-41(67)68)43(70)58-20-18-55(19-21-58)27-37(62)49-23-31-5-7-32(8-6-31)42(69)50-24-39(64)59-25-33(60)22-35(59)45(71)72/h5-8,33-35,60,71-72H,3-4,9-30H2,1-2H3,(H2,46,61)(H2,47,48)(H,49,62)(H,50,69)(H,51,63)(H,65,66)(H,67,68). The topological polar surface area (TPSA) is 364 Å². The molecule has 3 atom stereocenters. The molecule has 27 nitrogen and oxygen atoms in total. The lowest BCUT2D eigenvalue weighted by atomic mass is 9.77. The van der Waals surface area contributed by atoms with Gasteiger partial charge in [-0.05, 0) is 37.0 Å². The van der Waals surface area contributed by atoms with Crippen molar-refractivity contribution in [2.24, 2.45) is 16.5 Å². The van der Waals surface area contributed by atoms with Crippen LogP contribution >= 0.6 is 0 Å². The van der Waals surface area contributed by atoms with E-state index in [-0.39, 0.29) is 128 Å². The third-order valence-corrected chi connectivity index (χ3v) is 12.6. The summed E-state index contributed by atoms with van der Waals surface area (Å²) in [4.78, 5) is 119. The SMILES string of the molecule is CN(C)C(N)=NCCCC(NC(=O)CN1CCN(CC(=O)O)CCN(CC(N)=O)CCN(CC(=O)O)CC1)C(=O)N1CCN(CC(=O)NCc2ccc(C(=O)NCC(=O)N3CC(O)CC3B(O)O)cc2)CC1. The fraction of sp³-hybridized carbons (Fsp3) is 0.659. The Hall–Kier alpha value is -6.01. The van der Waals surface area contributed by atoms with Gasteiger partial charge in [0.2, 0.25) is 29.5 Å². The van der Waals surface area contributed by atoms with E-state index < -0.39 is 67.3 Å². The minimum atomic E-state index is -1.82. The van der Waals surface area contributed by atoms with Crippen molar-refractivity contribution in [2.75, 3.05) is 145 Å². The Labute approximate surface area is 419 Å². The largest absolute Gasteiger partial charge is 0.480 e. The van der Waals surface area contributed by atoms with E-state index in [1.54, 1.807) is 67.8 Å². The van der Waals surface area contributed by atoms with Gasteiger partial charge in [0.05, 0.1) is 51.3 Å². The monoisotopic (exact) mass is 1020 g/mol. The highest BCUT2D eigenvalue weighted by molar-refractivity contribution is 6.43. The lowest BCUT2D eigenvalue weighted by molar-refractivity contribution is -0.139. The number of aliphatic imine (C=N–C) groups is 1. The molecule has 0 aliphatic carbocycles. The van der Waals surface area contributed by atoms with Gasteiger partial charge in [0.25, 0.3) is 5.91 Å². The van der Waals surface area contributed by atoms with Gasteiger partial charge in [0.1, 0.15) is 6.04 Å². The number of carbonyl (C=O) groups is 8. The summed E-state index contributed by atoms with van der Waals surface area (Å²) in [6.45, 7) is 2.67. The third-order valence-electron chi connectivity index (χ3n) is 12.6. The number of hydrogen-bond donors (Lipinski definition) is 10. The number of likely N-dealkylation sites (tertiary alicyclic amines) is 1. The van der Waals surface area contributed by atoms with E-state index in [0.29, 0.717) is 50.7 Å². The van der Waals surface area contributed by atoms with Crippen LogP contribution in [0.3, 0.4) is 0 Å². The minimum Gasteiger partial charge on any atom is -0.480 e. The van der Waals surface area contributed by atoms with E-state index in [1.807, 2.05) is 4.90 Å². The van der Waals surface area contributed by atoms with Gasteiger partial charge in [-0.25, -0.2) is 0 Å². The lowest BCUT2D eigenvalue weighted by Crippen LogP contribution is -2.57. The molecule has 3 aliphatic heterocycles. The number of hydrogen-bond acceptors (Lipinski definition) is 17. The smallest absolute Gasteiger partial charge is 0.475 e. The van der Waals surface area contributed by atoms with Crippen LogP contribution < -0.4 is 27.4 Å². The second-order valence-corrected chi connectivity index (χ2v) is 18.4. The van der Waals surface area contributed by atoms with E-state index in [0.717, 1.165) is 4.90 Å². The summed E-state index contributed by atoms with van der Waals surface area (Å²) >= 11 is 0. The number of primary amides is 1. The van der Waals surface area contributed by atoms with Crippen molar-refractivity contribution >= 4 is 60.5 Å². The van der Waals surface area contributed by atoms with Gasteiger partial charge in [-0.2, -0.15) is 0 Å². The van der Waals surface area contributed by atoms with Gasteiger partial charge in [-0.1, -0.05) is 12.1 Å². The Kier molecular flexibility index (Phi) is 24.0.